The van der Waals surface area contributed by atoms with Crippen molar-refractivity contribution >= 4 is 105 Å². The van der Waals surface area contributed by atoms with Crippen molar-refractivity contribution in [3.05, 3.63) is 83.6 Å². The Morgan fingerprint density at radius 1 is 0.468 bits per heavy atom. The van der Waals surface area contributed by atoms with E-state index in [0.29, 0.717) is 59.7 Å². The number of fused-ring (bicyclic) bond motifs is 2. The van der Waals surface area contributed by atoms with Crippen LogP contribution in [0.25, 0.3) is 0 Å². The Labute approximate surface area is 803 Å². The lowest BCUT2D eigenvalue weighted by Gasteiger charge is -2.40. The van der Waals surface area contributed by atoms with Crippen LogP contribution in [0.3, 0.4) is 0 Å². The average molecular weight is 2070 g/mol. The molecule has 51 nitrogen and oxygen atoms in total. The number of nitrogens with zero attached hydrogens (tertiary/aromatic N) is 2. The average Bonchev–Trinajstić information content (AvgIpc) is 1.58. The molecule has 1 unspecified atom stereocenters. The molecule has 5 aliphatic rings. The summed E-state index contributed by atoms with van der Waals surface area (Å²) in [5, 5.41) is 106. The van der Waals surface area contributed by atoms with Crippen molar-refractivity contribution in [1.82, 2.24) is 26.6 Å². The van der Waals surface area contributed by atoms with Gasteiger partial charge in [-0.15, -0.1) is 0 Å². The molecule has 139 heavy (non-hydrogen) atoms. The van der Waals surface area contributed by atoms with E-state index in [2.05, 4.69) is 26.6 Å². The van der Waals surface area contributed by atoms with Crippen molar-refractivity contribution in [2.75, 3.05) is 135 Å². The molecule has 8 amide bonds. The van der Waals surface area contributed by atoms with E-state index in [1.165, 1.54) is 30.3 Å². The zero-order valence-electron chi connectivity index (χ0n) is 77.0. The van der Waals surface area contributed by atoms with E-state index < -0.39 is 233 Å². The second kappa shape index (κ2) is 55.2. The van der Waals surface area contributed by atoms with Gasteiger partial charge in [0.05, 0.1) is 106 Å². The van der Waals surface area contributed by atoms with Gasteiger partial charge in [0.15, 0.2) is 42.9 Å². The first-order chi connectivity index (χ1) is 65.5. The molecule has 7 rings (SSSR count). The molecule has 55 heteroatoms. The summed E-state index contributed by atoms with van der Waals surface area (Å²) in [4.78, 5) is 105. The number of amides is 8. The number of nitrogens with two attached hydrogens (primary N) is 3. The molecule has 0 bridgehead atoms. The van der Waals surface area contributed by atoms with Gasteiger partial charge in [-0.25, -0.2) is 14.4 Å². The Morgan fingerprint density at radius 3 is 1.29 bits per heavy atom. The Hall–Kier alpha value is -8.79. The van der Waals surface area contributed by atoms with Crippen LogP contribution in [0.15, 0.2) is 82.3 Å². The van der Waals surface area contributed by atoms with Gasteiger partial charge >= 0.3 is 18.3 Å². The Bertz CT molecular complexity index is 4840. The first-order valence-electron chi connectivity index (χ1n) is 44.8. The van der Waals surface area contributed by atoms with Crippen LogP contribution in [0.4, 0.5) is 25.8 Å². The van der Waals surface area contributed by atoms with Crippen LogP contribution in [-0.4, -0.2) is 384 Å². The third kappa shape index (κ3) is 36.5. The quantitative estimate of drug-likeness (QED) is 0.0100. The van der Waals surface area contributed by atoms with Crippen LogP contribution in [0.2, 0.25) is 0 Å². The third-order valence-corrected chi connectivity index (χ3v) is 26.9. The molecule has 3 fully saturated rings. The van der Waals surface area contributed by atoms with Crippen LogP contribution < -0.4 is 48.7 Å². The second-order valence-corrected chi connectivity index (χ2v) is 40.0. The maximum Gasteiger partial charge on any atom is 0.404 e. The fourth-order valence-electron chi connectivity index (χ4n) is 16.5. The van der Waals surface area contributed by atoms with Gasteiger partial charge in [0.1, 0.15) is 61.5 Å². The summed E-state index contributed by atoms with van der Waals surface area (Å²) in [6.07, 6.45) is -19.5. The molecule has 786 valence electrons. The van der Waals surface area contributed by atoms with Crippen LogP contribution in [0.1, 0.15) is 135 Å². The van der Waals surface area contributed by atoms with Gasteiger partial charge in [0.25, 0.3) is 40.5 Å². The summed E-state index contributed by atoms with van der Waals surface area (Å²) in [5.41, 5.74) is 15.0. The normalized spacial score (nSPS) is 24.7. The molecule has 24 N–H and O–H groups in total. The van der Waals surface area contributed by atoms with Crippen molar-refractivity contribution in [3.8, 4) is 0 Å². The number of primary amides is 3. The minimum absolute atomic E-state index is 0.00840. The van der Waals surface area contributed by atoms with E-state index in [0.717, 1.165) is 0 Å². The Morgan fingerprint density at radius 2 is 0.878 bits per heavy atom. The number of allylic oxidation sites excluding steroid dienone is 6. The zero-order valence-corrected chi connectivity index (χ0v) is 80.2. The van der Waals surface area contributed by atoms with Crippen molar-refractivity contribution in [2.24, 2.45) is 17.2 Å². The largest absolute Gasteiger partial charge is 0.441 e. The summed E-state index contributed by atoms with van der Waals surface area (Å²) in [7, 11) is -18.2. The number of unbranched alkanes of at least 4 members (excludes halogenated alkanes) is 4. The van der Waals surface area contributed by atoms with E-state index in [-0.39, 0.29) is 181 Å². The molecule has 3 saturated heterocycles. The SMILES string of the molecule is CC1(CCCCS(=O)(=O)O)C(/C=C/C=C/C=C2/N(CCCCCC(=O)NCCC(=O)NC(CCC(=O)NCCOCCO[C@H]3O[C@H](CO)[C@@H](O)[C@H](OC(N)=O)[C@@H]3O)(CCC(=O)NCCOCCO[C@H]3O[C@H](CO)[C@@H](O)[C@H](OC(N)=O)[C@@H]3O)CCC(=O)NCCOCCO[C@H]3O[C@H](CO)[C@@H](O)[C@H](OC(N)=O)[C@@H]3O)c3ccc(S(=O)(=O)O)cc3C2(C)C)=[N+](CCCCS(=O)(=O)O)c2ccc(S(=O)(=O)O)cc21. The van der Waals surface area contributed by atoms with E-state index in [9.17, 15) is 136 Å². The topological polar surface area (TPSA) is 791 Å². The van der Waals surface area contributed by atoms with E-state index >= 15 is 0 Å². The van der Waals surface area contributed by atoms with Gasteiger partial charge in [-0.05, 0) is 100 Å². The molecule has 2 aromatic rings. The second-order valence-electron chi connectivity index (χ2n) is 34.0. The number of carbonyl (C=O) groups is 8. The predicted octanol–water partition coefficient (Wildman–Crippen LogP) is -3.52. The molecule has 5 heterocycles. The first kappa shape index (κ1) is 117. The molecule has 0 spiro atoms. The van der Waals surface area contributed by atoms with Gasteiger partial charge in [0.2, 0.25) is 35.2 Å². The summed E-state index contributed by atoms with van der Waals surface area (Å²) < 4.78 is 202. The highest BCUT2D eigenvalue weighted by molar-refractivity contribution is 7.86. The molecule has 0 saturated carbocycles. The highest BCUT2D eigenvalue weighted by Crippen LogP contribution is 2.49. The van der Waals surface area contributed by atoms with Crippen LogP contribution in [0.5, 0.6) is 0 Å². The summed E-state index contributed by atoms with van der Waals surface area (Å²) >= 11 is 0. The fourth-order valence-corrected chi connectivity index (χ4v) is 18.6. The highest BCUT2D eigenvalue weighted by Gasteiger charge is 2.52. The molecular weight excluding hydrogens is 1930 g/mol. The summed E-state index contributed by atoms with van der Waals surface area (Å²) in [6, 6.07) is 8.15. The van der Waals surface area contributed by atoms with E-state index in [1.54, 1.807) is 43.4 Å². The number of carbonyl (C=O) groups excluding carboxylic acids is 8. The Balaban J connectivity index is 1.04. The minimum Gasteiger partial charge on any atom is -0.441 e. The Kier molecular flexibility index (Phi) is 46.5. The molecule has 5 aliphatic heterocycles. The van der Waals surface area contributed by atoms with Crippen molar-refractivity contribution < 1.29 is 198 Å². The van der Waals surface area contributed by atoms with Gasteiger partial charge in [0, 0.05) is 111 Å². The number of anilines is 1. The van der Waals surface area contributed by atoms with Gasteiger partial charge in [-0.3, -0.25) is 42.2 Å². The smallest absolute Gasteiger partial charge is 0.404 e. The molecule has 0 aliphatic carbocycles. The molecular formula is C84H131N10O41S4+. The molecule has 16 atom stereocenters. The number of ether oxygens (including phenoxy) is 12. The predicted molar refractivity (Wildman–Crippen MR) is 483 cm³/mol. The number of hydrogen-bond acceptors (Lipinski definition) is 38. The molecule has 0 aromatic heterocycles. The lowest BCUT2D eigenvalue weighted by molar-refractivity contribution is -0.438. The van der Waals surface area contributed by atoms with Gasteiger partial charge in [-0.2, -0.15) is 38.2 Å². The maximum atomic E-state index is 14.4. The number of hydrogen-bond donors (Lipinski definition) is 21. The number of benzene rings is 2. The lowest BCUT2D eigenvalue weighted by atomic mass is 9.75. The first-order valence-corrected chi connectivity index (χ1v) is 50.9. The summed E-state index contributed by atoms with van der Waals surface area (Å²) in [5.74, 6) is -4.09. The van der Waals surface area contributed by atoms with Crippen molar-refractivity contribution in [1.29, 1.82) is 0 Å². The minimum atomic E-state index is -4.75. The molecule has 0 radical (unpaired) electrons. The van der Waals surface area contributed by atoms with E-state index in [1.807, 2.05) is 23.3 Å². The highest BCUT2D eigenvalue weighted by atomic mass is 32.2. The van der Waals surface area contributed by atoms with Crippen molar-refractivity contribution in [2.45, 2.75) is 242 Å². The van der Waals surface area contributed by atoms with Crippen LogP contribution in [-0.2, 0) is 132 Å². The number of nitrogens with one attached hydrogen (secondary N) is 5. The zero-order chi connectivity index (χ0) is 103. The van der Waals surface area contributed by atoms with Gasteiger partial charge in [-0.1, -0.05) is 44.9 Å². The van der Waals surface area contributed by atoms with Gasteiger partial charge < -0.3 is 151 Å². The number of rotatable bonds is 61. The fraction of sp³-hybridized carbons (Fsp3) is 0.679. The van der Waals surface area contributed by atoms with E-state index in [4.69, 9.17) is 74.0 Å². The molecule has 2 aromatic carbocycles. The maximum absolute atomic E-state index is 14.4. The van der Waals surface area contributed by atoms with Crippen LogP contribution in [0, 0.1) is 0 Å². The third-order valence-electron chi connectivity index (χ3n) is 23.6. The standard InChI is InChI=1S/C84H130N10O41S4/c1-82(2)53-46-51(138(118,119)120)17-19-55(53)93(60(82)14-6-4-7-15-61-83(3,25-9-12-44-136(112,113)114)54-47-52(139(121,122)123)18-20-56(54)94(61)34-11-13-45-137(115,116)117)33-10-5-8-16-62(98)88-29-24-66(102)92-84(26-21-63(99)89-30-35-124-38-41-127-76-70(106)73(133-79(85)109)67(103)57(48-95)130-76,27-22-64(100)90-31-36-125-39-42-128-77-71(107)74(134-80(86)110)68(104)58(49-96)131-77)28-23-65(101)91-32-37-126-40-43-129-78-72(108)75(135-81(87)111)69(105)59(50-97)132-78/h4,6-7,14-15,17-20,46-47,57-59,67-78,95-97,103-108H,5,8-13,16,21-45,48-50H2,1-3H3,(H14-,85,86,87,88,89,90,91,92,98,99,100,101,102,109,110,111,112,113,114,115,116,117,118,119,120,121,122,123)/p+1/t57-,58-,59-,67-,68-,69-,70+,71+,72+,73+,74+,75+,76+,77+,78+,83?/m1/s1. The lowest BCUT2D eigenvalue weighted by Crippen LogP contribution is -2.60. The van der Waals surface area contributed by atoms with Crippen LogP contribution >= 0.6 is 0 Å². The van der Waals surface area contributed by atoms with Crippen molar-refractivity contribution in [3.63, 3.8) is 0 Å². The number of aliphatic hydroxyl groups excluding tert-OH is 9. The summed E-state index contributed by atoms with van der Waals surface area (Å²) in [6.45, 7) is 1.30. The number of aliphatic hydroxyl groups is 9. The monoisotopic (exact) mass is 2060 g/mol.